The van der Waals surface area contributed by atoms with Gasteiger partial charge in [0, 0.05) is 12.2 Å². The normalized spacial score (nSPS) is 10.8. The van der Waals surface area contributed by atoms with Gasteiger partial charge in [0.25, 0.3) is 0 Å². The van der Waals surface area contributed by atoms with Gasteiger partial charge in [-0.05, 0) is 31.0 Å². The van der Waals surface area contributed by atoms with Crippen molar-refractivity contribution in [3.05, 3.63) is 41.5 Å². The molecule has 90 valence electrons. The van der Waals surface area contributed by atoms with Crippen LogP contribution in [0.4, 0.5) is 0 Å². The van der Waals surface area contributed by atoms with Gasteiger partial charge >= 0.3 is 0 Å². The molecule has 0 bridgehead atoms. The second-order valence-electron chi connectivity index (χ2n) is 3.96. The number of aromatic nitrogens is 3. The Morgan fingerprint density at radius 2 is 2.00 bits per heavy atom. The maximum Gasteiger partial charge on any atom is 0.0832 e. The highest BCUT2D eigenvalue weighted by Gasteiger charge is 2.07. The molecule has 0 aliphatic heterocycles. The molecule has 2 heterocycles. The molecule has 0 radical (unpaired) electrons. The Hall–Kier alpha value is -1.68. The number of hydrogen-bond donors (Lipinski definition) is 1. The third kappa shape index (κ3) is 2.36. The van der Waals surface area contributed by atoms with Gasteiger partial charge in [-0.25, -0.2) is 4.68 Å². The highest BCUT2D eigenvalue weighted by atomic mass is 15.3. The van der Waals surface area contributed by atoms with Crippen LogP contribution < -0.4 is 5.73 Å². The second kappa shape index (κ2) is 5.10. The average molecular weight is 230 g/mol. The van der Waals surface area contributed by atoms with Crippen LogP contribution in [0.25, 0.3) is 5.69 Å². The Bertz CT molecular complexity index is 485. The summed E-state index contributed by atoms with van der Waals surface area (Å²) in [7, 11) is 0. The van der Waals surface area contributed by atoms with Gasteiger partial charge in [0.15, 0.2) is 0 Å². The van der Waals surface area contributed by atoms with Gasteiger partial charge in [0.1, 0.15) is 0 Å². The summed E-state index contributed by atoms with van der Waals surface area (Å²) in [6.07, 6.45) is 3.74. The third-order valence-corrected chi connectivity index (χ3v) is 2.82. The minimum absolute atomic E-state index is 0.472. The molecule has 0 amide bonds. The zero-order valence-electron chi connectivity index (χ0n) is 10.3. The van der Waals surface area contributed by atoms with Crippen LogP contribution in [0.1, 0.15) is 30.9 Å². The lowest BCUT2D eigenvalue weighted by atomic mass is 10.2. The van der Waals surface area contributed by atoms with Gasteiger partial charge in [-0.3, -0.25) is 4.98 Å². The maximum absolute atomic E-state index is 5.54. The standard InChI is InChI=1S/C13H18N4/c1-3-10-7-12(4-2)17(16-10)13-6-5-11(8-14)15-9-13/h5-7,9H,3-4,8,14H2,1-2H3. The Labute approximate surface area is 101 Å². The topological polar surface area (TPSA) is 56.7 Å². The van der Waals surface area contributed by atoms with Crippen molar-refractivity contribution in [2.24, 2.45) is 5.73 Å². The summed E-state index contributed by atoms with van der Waals surface area (Å²) in [5.74, 6) is 0. The molecule has 4 nitrogen and oxygen atoms in total. The molecule has 0 unspecified atom stereocenters. The lowest BCUT2D eigenvalue weighted by Gasteiger charge is -2.05. The Morgan fingerprint density at radius 1 is 1.18 bits per heavy atom. The predicted octanol–water partition coefficient (Wildman–Crippen LogP) is 1.85. The fourth-order valence-electron chi connectivity index (χ4n) is 1.79. The number of pyridine rings is 1. The van der Waals surface area contributed by atoms with Gasteiger partial charge in [0.2, 0.25) is 0 Å². The van der Waals surface area contributed by atoms with Crippen LogP contribution in [0.2, 0.25) is 0 Å². The van der Waals surface area contributed by atoms with Gasteiger partial charge in [-0.15, -0.1) is 0 Å². The molecule has 2 N–H and O–H groups in total. The summed E-state index contributed by atoms with van der Waals surface area (Å²) in [6.45, 7) is 4.72. The zero-order chi connectivity index (χ0) is 12.3. The molecule has 17 heavy (non-hydrogen) atoms. The van der Waals surface area contributed by atoms with E-state index in [-0.39, 0.29) is 0 Å². The minimum atomic E-state index is 0.472. The van der Waals surface area contributed by atoms with Crippen LogP contribution in [0.15, 0.2) is 24.4 Å². The van der Waals surface area contributed by atoms with Crippen LogP contribution in [0.5, 0.6) is 0 Å². The molecule has 0 spiro atoms. The van der Waals surface area contributed by atoms with Gasteiger partial charge in [-0.2, -0.15) is 5.10 Å². The predicted molar refractivity (Wildman–Crippen MR) is 68.0 cm³/mol. The second-order valence-corrected chi connectivity index (χ2v) is 3.96. The van der Waals surface area contributed by atoms with Crippen LogP contribution in [0.3, 0.4) is 0 Å². The van der Waals surface area contributed by atoms with Crippen LogP contribution >= 0.6 is 0 Å². The molecular formula is C13H18N4. The van der Waals surface area contributed by atoms with Crippen molar-refractivity contribution in [1.29, 1.82) is 0 Å². The van der Waals surface area contributed by atoms with E-state index >= 15 is 0 Å². The molecule has 0 saturated heterocycles. The van der Waals surface area contributed by atoms with E-state index in [2.05, 4.69) is 30.0 Å². The monoisotopic (exact) mass is 230 g/mol. The number of nitrogens with zero attached hydrogens (tertiary/aromatic N) is 3. The van der Waals surface area contributed by atoms with Crippen molar-refractivity contribution in [2.45, 2.75) is 33.2 Å². The van der Waals surface area contributed by atoms with E-state index in [1.54, 1.807) is 0 Å². The van der Waals surface area contributed by atoms with Gasteiger partial charge in [0.05, 0.1) is 23.3 Å². The molecule has 0 saturated carbocycles. The highest BCUT2D eigenvalue weighted by molar-refractivity contribution is 5.32. The Balaban J connectivity index is 2.40. The lowest BCUT2D eigenvalue weighted by molar-refractivity contribution is 0.788. The van der Waals surface area contributed by atoms with E-state index in [0.29, 0.717) is 6.54 Å². The van der Waals surface area contributed by atoms with Crippen molar-refractivity contribution < 1.29 is 0 Å². The van der Waals surface area contributed by atoms with Crippen molar-refractivity contribution in [2.75, 3.05) is 0 Å². The fraction of sp³-hybridized carbons (Fsp3) is 0.385. The third-order valence-electron chi connectivity index (χ3n) is 2.82. The Kier molecular flexibility index (Phi) is 3.54. The zero-order valence-corrected chi connectivity index (χ0v) is 10.3. The number of nitrogens with two attached hydrogens (primary N) is 1. The van der Waals surface area contributed by atoms with E-state index in [1.807, 2.05) is 23.0 Å². The first-order valence-corrected chi connectivity index (χ1v) is 6.01. The van der Waals surface area contributed by atoms with Crippen LogP contribution in [0, 0.1) is 0 Å². The summed E-state index contributed by atoms with van der Waals surface area (Å²) in [5.41, 5.74) is 9.76. The Morgan fingerprint density at radius 3 is 2.53 bits per heavy atom. The highest BCUT2D eigenvalue weighted by Crippen LogP contribution is 2.13. The molecule has 0 atom stereocenters. The summed E-state index contributed by atoms with van der Waals surface area (Å²) < 4.78 is 1.96. The van der Waals surface area contributed by atoms with E-state index in [9.17, 15) is 0 Å². The van der Waals surface area contributed by atoms with E-state index in [1.165, 1.54) is 5.69 Å². The molecule has 2 rings (SSSR count). The fourth-order valence-corrected chi connectivity index (χ4v) is 1.79. The number of rotatable bonds is 4. The minimum Gasteiger partial charge on any atom is -0.325 e. The van der Waals surface area contributed by atoms with Crippen molar-refractivity contribution >= 4 is 0 Å². The summed E-state index contributed by atoms with van der Waals surface area (Å²) >= 11 is 0. The molecule has 0 aromatic carbocycles. The SMILES string of the molecule is CCc1cc(CC)n(-c2ccc(CN)nc2)n1. The van der Waals surface area contributed by atoms with E-state index in [0.717, 1.165) is 29.9 Å². The molecular weight excluding hydrogens is 212 g/mol. The number of aryl methyl sites for hydroxylation is 2. The van der Waals surface area contributed by atoms with Gasteiger partial charge < -0.3 is 5.73 Å². The quantitative estimate of drug-likeness (QED) is 0.872. The molecule has 0 fully saturated rings. The van der Waals surface area contributed by atoms with Crippen LogP contribution in [-0.2, 0) is 19.4 Å². The van der Waals surface area contributed by atoms with E-state index < -0.39 is 0 Å². The van der Waals surface area contributed by atoms with Crippen molar-refractivity contribution in [1.82, 2.24) is 14.8 Å². The lowest BCUT2D eigenvalue weighted by Crippen LogP contribution is -2.04. The van der Waals surface area contributed by atoms with Crippen LogP contribution in [-0.4, -0.2) is 14.8 Å². The molecule has 0 aliphatic rings. The molecule has 2 aromatic rings. The molecule has 2 aromatic heterocycles. The van der Waals surface area contributed by atoms with E-state index in [4.69, 9.17) is 5.73 Å². The first-order chi connectivity index (χ1) is 8.28. The molecule has 4 heteroatoms. The average Bonchev–Trinajstić information content (AvgIpc) is 2.82. The van der Waals surface area contributed by atoms with Gasteiger partial charge in [-0.1, -0.05) is 13.8 Å². The smallest absolute Gasteiger partial charge is 0.0832 e. The first-order valence-electron chi connectivity index (χ1n) is 6.01. The summed E-state index contributed by atoms with van der Waals surface area (Å²) in [4.78, 5) is 4.30. The summed E-state index contributed by atoms with van der Waals surface area (Å²) in [5, 5.41) is 4.57. The number of hydrogen-bond acceptors (Lipinski definition) is 3. The van der Waals surface area contributed by atoms with Crippen molar-refractivity contribution in [3.63, 3.8) is 0 Å². The largest absolute Gasteiger partial charge is 0.325 e. The summed E-state index contributed by atoms with van der Waals surface area (Å²) in [6, 6.07) is 6.11. The molecule has 0 aliphatic carbocycles. The maximum atomic E-state index is 5.54. The van der Waals surface area contributed by atoms with Crippen molar-refractivity contribution in [3.8, 4) is 5.69 Å². The first kappa shape index (κ1) is 11.8.